The topological polar surface area (TPSA) is 122 Å². The normalized spacial score (nSPS) is 11.9. The average Bonchev–Trinajstić information content (AvgIpc) is 3.24. The molecule has 0 radical (unpaired) electrons. The second-order valence-electron chi connectivity index (χ2n) is 4.90. The third-order valence-electron chi connectivity index (χ3n) is 3.17. The van der Waals surface area contributed by atoms with Crippen LogP contribution in [0.5, 0.6) is 0 Å². The Morgan fingerprint density at radius 3 is 2.52 bits per heavy atom. The van der Waals surface area contributed by atoms with Crippen LogP contribution in [-0.2, 0) is 4.74 Å². The van der Waals surface area contributed by atoms with E-state index >= 15 is 0 Å². The number of hydrogen-bond acceptors (Lipinski definition) is 8. The van der Waals surface area contributed by atoms with E-state index in [1.54, 1.807) is 13.0 Å². The van der Waals surface area contributed by atoms with Gasteiger partial charge in [0.15, 0.2) is 10.8 Å². The molecule has 0 bridgehead atoms. The molecule has 0 amide bonds. The summed E-state index contributed by atoms with van der Waals surface area (Å²) in [7, 11) is 0. The number of carbonyl (C=O) groups excluding carboxylic acids is 1. The third-order valence-corrected chi connectivity index (χ3v) is 3.60. The molecule has 3 rings (SSSR count). The summed E-state index contributed by atoms with van der Waals surface area (Å²) in [6.45, 7) is 1.57. The molecule has 3 aromatic rings. The second kappa shape index (κ2) is 6.85. The molecule has 2 aromatic heterocycles. The van der Waals surface area contributed by atoms with Gasteiger partial charge in [0, 0.05) is 17.7 Å². The number of esters is 1. The molecule has 128 valence electrons. The molecule has 1 aromatic carbocycles. The van der Waals surface area contributed by atoms with Crippen LogP contribution in [0.25, 0.3) is 11.5 Å². The van der Waals surface area contributed by atoms with Gasteiger partial charge in [0.25, 0.3) is 11.6 Å². The highest BCUT2D eigenvalue weighted by Crippen LogP contribution is 2.25. The number of ether oxygens (including phenoxy) is 1. The first kappa shape index (κ1) is 16.8. The molecule has 0 aliphatic rings. The van der Waals surface area contributed by atoms with Crippen molar-refractivity contribution in [1.82, 2.24) is 10.2 Å². The van der Waals surface area contributed by atoms with Crippen LogP contribution in [0.15, 0.2) is 49.9 Å². The molecule has 10 heteroatoms. The summed E-state index contributed by atoms with van der Waals surface area (Å²) in [5, 5.41) is 18.4. The van der Waals surface area contributed by atoms with Gasteiger partial charge < -0.3 is 13.6 Å². The Labute approximate surface area is 148 Å². The summed E-state index contributed by atoms with van der Waals surface area (Å²) in [5.74, 6) is -0.386. The Morgan fingerprint density at radius 2 is 1.92 bits per heavy atom. The fraction of sp³-hybridized carbons (Fsp3) is 0.133. The van der Waals surface area contributed by atoms with Gasteiger partial charge in [-0.05, 0) is 47.1 Å². The SMILES string of the molecule is C[C@@H](OC(=O)c1ccc(Br)o1)c1nnc(-c2ccc([N+](=O)[O-])cc2)o1. The van der Waals surface area contributed by atoms with E-state index in [-0.39, 0.29) is 23.2 Å². The van der Waals surface area contributed by atoms with E-state index in [9.17, 15) is 14.9 Å². The van der Waals surface area contributed by atoms with Crippen LogP contribution in [0, 0.1) is 10.1 Å². The van der Waals surface area contributed by atoms with Gasteiger partial charge in [0.05, 0.1) is 4.92 Å². The zero-order valence-corrected chi connectivity index (χ0v) is 14.3. The summed E-state index contributed by atoms with van der Waals surface area (Å²) in [4.78, 5) is 22.1. The minimum absolute atomic E-state index is 0.0360. The molecular formula is C15H10BrN3O6. The monoisotopic (exact) mass is 407 g/mol. The molecule has 0 aliphatic heterocycles. The molecule has 0 saturated heterocycles. The van der Waals surface area contributed by atoms with E-state index in [4.69, 9.17) is 13.6 Å². The van der Waals surface area contributed by atoms with Gasteiger partial charge >= 0.3 is 5.97 Å². The number of benzene rings is 1. The zero-order valence-electron chi connectivity index (χ0n) is 12.7. The first-order chi connectivity index (χ1) is 11.9. The molecule has 0 saturated carbocycles. The molecule has 0 fully saturated rings. The molecule has 2 heterocycles. The highest BCUT2D eigenvalue weighted by Gasteiger charge is 2.22. The van der Waals surface area contributed by atoms with Crippen LogP contribution in [0.1, 0.15) is 29.5 Å². The standard InChI is InChI=1S/C15H10BrN3O6/c1-8(23-15(20)11-6-7-12(16)24-11)13-17-18-14(25-13)9-2-4-10(5-3-9)19(21)22/h2-8H,1H3/t8-/m1/s1. The summed E-state index contributed by atoms with van der Waals surface area (Å²) in [5.41, 5.74) is 0.466. The number of nitro benzene ring substituents is 1. The van der Waals surface area contributed by atoms with Crippen molar-refractivity contribution in [3.63, 3.8) is 0 Å². The molecule has 25 heavy (non-hydrogen) atoms. The Morgan fingerprint density at radius 1 is 1.20 bits per heavy atom. The predicted octanol–water partition coefficient (Wildman–Crippen LogP) is 3.92. The van der Waals surface area contributed by atoms with E-state index in [0.717, 1.165) is 0 Å². The lowest BCUT2D eigenvalue weighted by Crippen LogP contribution is -2.08. The minimum atomic E-state index is -0.796. The Hall–Kier alpha value is -3.01. The van der Waals surface area contributed by atoms with Crippen molar-refractivity contribution in [2.24, 2.45) is 0 Å². The number of carbonyl (C=O) groups is 1. The van der Waals surface area contributed by atoms with Crippen LogP contribution < -0.4 is 0 Å². The Kier molecular flexibility index (Phi) is 4.61. The van der Waals surface area contributed by atoms with Gasteiger partial charge in [0.1, 0.15) is 0 Å². The Balaban J connectivity index is 1.72. The zero-order chi connectivity index (χ0) is 18.0. The van der Waals surface area contributed by atoms with Gasteiger partial charge in [0.2, 0.25) is 11.7 Å². The number of nitrogens with zero attached hydrogens (tertiary/aromatic N) is 3. The highest BCUT2D eigenvalue weighted by molar-refractivity contribution is 9.10. The minimum Gasteiger partial charge on any atom is -0.447 e. The molecule has 9 nitrogen and oxygen atoms in total. The summed E-state index contributed by atoms with van der Waals surface area (Å²) in [6.07, 6.45) is -0.796. The van der Waals surface area contributed by atoms with Crippen molar-refractivity contribution in [1.29, 1.82) is 0 Å². The third kappa shape index (κ3) is 3.74. The van der Waals surface area contributed by atoms with E-state index in [1.165, 1.54) is 30.3 Å². The van der Waals surface area contributed by atoms with Crippen LogP contribution in [-0.4, -0.2) is 21.1 Å². The van der Waals surface area contributed by atoms with Crippen LogP contribution >= 0.6 is 15.9 Å². The van der Waals surface area contributed by atoms with Crippen molar-refractivity contribution < 1.29 is 23.3 Å². The number of halogens is 1. The first-order valence-electron chi connectivity index (χ1n) is 6.98. The fourth-order valence-electron chi connectivity index (χ4n) is 1.93. The first-order valence-corrected chi connectivity index (χ1v) is 7.78. The lowest BCUT2D eigenvalue weighted by molar-refractivity contribution is -0.384. The van der Waals surface area contributed by atoms with E-state index < -0.39 is 17.0 Å². The number of nitro groups is 1. The van der Waals surface area contributed by atoms with Crippen LogP contribution in [0.2, 0.25) is 0 Å². The van der Waals surface area contributed by atoms with Gasteiger partial charge in [-0.3, -0.25) is 10.1 Å². The maximum Gasteiger partial charge on any atom is 0.375 e. The quantitative estimate of drug-likeness (QED) is 0.354. The van der Waals surface area contributed by atoms with Gasteiger partial charge in [-0.2, -0.15) is 0 Å². The van der Waals surface area contributed by atoms with Gasteiger partial charge in [-0.1, -0.05) is 0 Å². The van der Waals surface area contributed by atoms with E-state index in [0.29, 0.717) is 10.2 Å². The molecule has 0 aliphatic carbocycles. The summed E-state index contributed by atoms with van der Waals surface area (Å²) in [6, 6.07) is 8.68. The maximum absolute atomic E-state index is 11.9. The van der Waals surface area contributed by atoms with Crippen molar-refractivity contribution in [2.45, 2.75) is 13.0 Å². The van der Waals surface area contributed by atoms with Gasteiger partial charge in [-0.15, -0.1) is 10.2 Å². The predicted molar refractivity (Wildman–Crippen MR) is 86.6 cm³/mol. The number of aromatic nitrogens is 2. The van der Waals surface area contributed by atoms with E-state index in [2.05, 4.69) is 26.1 Å². The molecule has 0 N–H and O–H groups in total. The number of rotatable bonds is 5. The van der Waals surface area contributed by atoms with E-state index in [1.807, 2.05) is 0 Å². The maximum atomic E-state index is 11.9. The van der Waals surface area contributed by atoms with Gasteiger partial charge in [-0.25, -0.2) is 4.79 Å². The van der Waals surface area contributed by atoms with Crippen LogP contribution in [0.3, 0.4) is 0 Å². The number of hydrogen-bond donors (Lipinski definition) is 0. The molecule has 0 unspecified atom stereocenters. The highest BCUT2D eigenvalue weighted by atomic mass is 79.9. The summed E-state index contributed by atoms with van der Waals surface area (Å²) >= 11 is 3.10. The lowest BCUT2D eigenvalue weighted by Gasteiger charge is -2.07. The lowest BCUT2D eigenvalue weighted by atomic mass is 10.2. The smallest absolute Gasteiger partial charge is 0.375 e. The molecular weight excluding hydrogens is 398 g/mol. The number of furan rings is 1. The van der Waals surface area contributed by atoms with Crippen molar-refractivity contribution in [3.8, 4) is 11.5 Å². The second-order valence-corrected chi connectivity index (χ2v) is 5.68. The average molecular weight is 408 g/mol. The largest absolute Gasteiger partial charge is 0.447 e. The van der Waals surface area contributed by atoms with Crippen molar-refractivity contribution in [2.75, 3.05) is 0 Å². The molecule has 0 spiro atoms. The van der Waals surface area contributed by atoms with Crippen LogP contribution in [0.4, 0.5) is 5.69 Å². The van der Waals surface area contributed by atoms with Crippen molar-refractivity contribution in [3.05, 3.63) is 62.8 Å². The Bertz CT molecular complexity index is 918. The number of non-ortho nitro benzene ring substituents is 1. The molecule has 1 atom stereocenters. The summed E-state index contributed by atoms with van der Waals surface area (Å²) < 4.78 is 16.2. The fourth-order valence-corrected chi connectivity index (χ4v) is 2.24. The van der Waals surface area contributed by atoms with Crippen molar-refractivity contribution >= 4 is 27.6 Å².